The molecule has 23 heavy (non-hydrogen) atoms. The van der Waals surface area contributed by atoms with Gasteiger partial charge in [-0.05, 0) is 31.0 Å². The number of nitrogens with zero attached hydrogens (tertiary/aromatic N) is 3. The van der Waals surface area contributed by atoms with Crippen LogP contribution < -0.4 is 9.47 Å². The van der Waals surface area contributed by atoms with Crippen LogP contribution in [-0.2, 0) is 13.6 Å². The number of piperidine rings is 1. The Morgan fingerprint density at radius 2 is 2.13 bits per heavy atom. The maximum atomic E-state index is 6.41. The number of likely N-dealkylation sites (tertiary alicyclic amines) is 1. The summed E-state index contributed by atoms with van der Waals surface area (Å²) in [6.45, 7) is 3.21. The average Bonchev–Trinajstić information content (AvgIpc) is 3.16. The van der Waals surface area contributed by atoms with E-state index in [2.05, 4.69) is 21.5 Å². The van der Waals surface area contributed by atoms with Gasteiger partial charge in [-0.3, -0.25) is 4.90 Å². The fourth-order valence-electron chi connectivity index (χ4n) is 3.50. The minimum Gasteiger partial charge on any atom is -0.454 e. The highest BCUT2D eigenvalue weighted by Gasteiger charge is 2.25. The highest BCUT2D eigenvalue weighted by Crippen LogP contribution is 2.37. The number of imidazole rings is 1. The predicted octanol–water partition coefficient (Wildman–Crippen LogP) is 3.18. The van der Waals surface area contributed by atoms with Crippen LogP contribution in [0.2, 0.25) is 5.02 Å². The van der Waals surface area contributed by atoms with Gasteiger partial charge in [0.25, 0.3) is 0 Å². The molecule has 3 heterocycles. The molecule has 6 heteroatoms. The summed E-state index contributed by atoms with van der Waals surface area (Å²) in [5, 5.41) is 0.744. The lowest BCUT2D eigenvalue weighted by Crippen LogP contribution is -2.34. The Morgan fingerprint density at radius 3 is 2.91 bits per heavy atom. The lowest BCUT2D eigenvalue weighted by Gasteiger charge is -2.32. The van der Waals surface area contributed by atoms with Crippen LogP contribution >= 0.6 is 11.6 Å². The third-order valence-electron chi connectivity index (χ3n) is 4.66. The molecule has 0 aliphatic carbocycles. The highest BCUT2D eigenvalue weighted by atomic mass is 35.5. The van der Waals surface area contributed by atoms with Crippen molar-refractivity contribution >= 4 is 11.6 Å². The Morgan fingerprint density at radius 1 is 1.30 bits per heavy atom. The first-order chi connectivity index (χ1) is 11.2. The molecule has 0 radical (unpaired) electrons. The first-order valence-electron chi connectivity index (χ1n) is 7.98. The number of hydrogen-bond acceptors (Lipinski definition) is 4. The molecular formula is C17H20ClN3O2. The van der Waals surface area contributed by atoms with Crippen LogP contribution in [-0.4, -0.2) is 34.3 Å². The molecule has 1 saturated heterocycles. The van der Waals surface area contributed by atoms with Crippen LogP contribution in [0.5, 0.6) is 11.5 Å². The van der Waals surface area contributed by atoms with Crippen molar-refractivity contribution in [3.8, 4) is 11.5 Å². The maximum absolute atomic E-state index is 6.41. The second-order valence-corrected chi connectivity index (χ2v) is 6.67. The number of aromatic nitrogens is 2. The van der Waals surface area contributed by atoms with E-state index in [-0.39, 0.29) is 6.79 Å². The second kappa shape index (κ2) is 6.06. The molecule has 0 amide bonds. The summed E-state index contributed by atoms with van der Waals surface area (Å²) in [5.74, 6) is 3.19. The van der Waals surface area contributed by atoms with Gasteiger partial charge in [0.2, 0.25) is 6.79 Å². The van der Waals surface area contributed by atoms with Crippen molar-refractivity contribution in [1.82, 2.24) is 14.5 Å². The minimum atomic E-state index is 0.278. The molecular weight excluding hydrogens is 314 g/mol. The van der Waals surface area contributed by atoms with E-state index in [1.54, 1.807) is 0 Å². The fourth-order valence-corrected chi connectivity index (χ4v) is 3.72. The Hall–Kier alpha value is -1.72. The van der Waals surface area contributed by atoms with Crippen molar-refractivity contribution in [2.24, 2.45) is 7.05 Å². The van der Waals surface area contributed by atoms with Crippen LogP contribution in [0.1, 0.15) is 30.1 Å². The molecule has 2 aliphatic heterocycles. The van der Waals surface area contributed by atoms with Gasteiger partial charge in [-0.1, -0.05) is 11.6 Å². The van der Waals surface area contributed by atoms with Gasteiger partial charge in [-0.15, -0.1) is 0 Å². The second-order valence-electron chi connectivity index (χ2n) is 6.27. The number of fused-ring (bicyclic) bond motifs is 1. The van der Waals surface area contributed by atoms with Gasteiger partial charge in [-0.25, -0.2) is 4.98 Å². The van der Waals surface area contributed by atoms with Gasteiger partial charge in [0.15, 0.2) is 11.5 Å². The standard InChI is InChI=1S/C17H20ClN3O2/c1-20-6-4-19-17(20)12-3-2-5-21(9-12)10-13-7-15-16(8-14(13)18)23-11-22-15/h4,6-8,12H,2-3,5,9-11H2,1H3/t12-/m1/s1. The fraction of sp³-hybridized carbons (Fsp3) is 0.471. The molecule has 0 N–H and O–H groups in total. The number of hydrogen-bond donors (Lipinski definition) is 0. The van der Waals surface area contributed by atoms with E-state index in [1.165, 1.54) is 18.7 Å². The average molecular weight is 334 g/mol. The summed E-state index contributed by atoms with van der Waals surface area (Å²) in [6, 6.07) is 3.87. The van der Waals surface area contributed by atoms with Gasteiger partial charge in [0, 0.05) is 49.5 Å². The number of ether oxygens (including phenoxy) is 2. The van der Waals surface area contributed by atoms with Crippen LogP contribution in [0.15, 0.2) is 24.5 Å². The van der Waals surface area contributed by atoms with Gasteiger partial charge in [0.05, 0.1) is 0 Å². The van der Waals surface area contributed by atoms with Crippen LogP contribution in [0.25, 0.3) is 0 Å². The molecule has 1 fully saturated rings. The first kappa shape index (κ1) is 14.8. The Balaban J connectivity index is 1.50. The molecule has 122 valence electrons. The van der Waals surface area contributed by atoms with Crippen LogP contribution in [0, 0.1) is 0 Å². The lowest BCUT2D eigenvalue weighted by atomic mass is 9.96. The number of benzene rings is 1. The number of halogens is 1. The van der Waals surface area contributed by atoms with Crippen molar-refractivity contribution in [3.05, 3.63) is 40.9 Å². The monoisotopic (exact) mass is 333 g/mol. The number of rotatable bonds is 3. The normalized spacial score (nSPS) is 20.9. The summed E-state index contributed by atoms with van der Waals surface area (Å²) in [4.78, 5) is 6.97. The molecule has 0 spiro atoms. The predicted molar refractivity (Wildman–Crippen MR) is 88.0 cm³/mol. The molecule has 2 aromatic rings. The van der Waals surface area contributed by atoms with Gasteiger partial charge in [0.1, 0.15) is 5.82 Å². The Bertz CT molecular complexity index is 716. The van der Waals surface area contributed by atoms with E-state index in [1.807, 2.05) is 24.5 Å². The summed E-state index contributed by atoms with van der Waals surface area (Å²) < 4.78 is 13.0. The van der Waals surface area contributed by atoms with Crippen molar-refractivity contribution in [1.29, 1.82) is 0 Å². The maximum Gasteiger partial charge on any atom is 0.231 e. The third-order valence-corrected chi connectivity index (χ3v) is 5.02. The van der Waals surface area contributed by atoms with Crippen molar-refractivity contribution < 1.29 is 9.47 Å². The van der Waals surface area contributed by atoms with Crippen LogP contribution in [0.3, 0.4) is 0 Å². The molecule has 1 atom stereocenters. The zero-order valence-corrected chi connectivity index (χ0v) is 13.9. The minimum absolute atomic E-state index is 0.278. The zero-order chi connectivity index (χ0) is 15.8. The van der Waals surface area contributed by atoms with Crippen molar-refractivity contribution in [3.63, 3.8) is 0 Å². The van der Waals surface area contributed by atoms with Gasteiger partial charge < -0.3 is 14.0 Å². The molecule has 4 rings (SSSR count). The summed E-state index contributed by atoms with van der Waals surface area (Å²) >= 11 is 6.41. The third kappa shape index (κ3) is 2.91. The molecule has 0 saturated carbocycles. The van der Waals surface area contributed by atoms with E-state index < -0.39 is 0 Å². The molecule has 1 aromatic heterocycles. The highest BCUT2D eigenvalue weighted by molar-refractivity contribution is 6.31. The topological polar surface area (TPSA) is 39.5 Å². The zero-order valence-electron chi connectivity index (χ0n) is 13.2. The number of aryl methyl sites for hydroxylation is 1. The smallest absolute Gasteiger partial charge is 0.231 e. The van der Waals surface area contributed by atoms with Crippen LogP contribution in [0.4, 0.5) is 0 Å². The molecule has 2 aliphatic rings. The summed E-state index contributed by atoms with van der Waals surface area (Å²) in [6.07, 6.45) is 6.27. The largest absolute Gasteiger partial charge is 0.454 e. The van der Waals surface area contributed by atoms with Gasteiger partial charge in [-0.2, -0.15) is 0 Å². The first-order valence-corrected chi connectivity index (χ1v) is 8.36. The van der Waals surface area contributed by atoms with E-state index in [0.29, 0.717) is 5.92 Å². The molecule has 0 unspecified atom stereocenters. The van der Waals surface area contributed by atoms with E-state index >= 15 is 0 Å². The van der Waals surface area contributed by atoms with Crippen molar-refractivity contribution in [2.75, 3.05) is 19.9 Å². The summed E-state index contributed by atoms with van der Waals surface area (Å²) in [5.41, 5.74) is 1.09. The quantitative estimate of drug-likeness (QED) is 0.865. The van der Waals surface area contributed by atoms with E-state index in [9.17, 15) is 0 Å². The van der Waals surface area contributed by atoms with Gasteiger partial charge >= 0.3 is 0 Å². The Kier molecular flexibility index (Phi) is 3.91. The molecule has 1 aromatic carbocycles. The van der Waals surface area contributed by atoms with Crippen molar-refractivity contribution in [2.45, 2.75) is 25.3 Å². The SMILES string of the molecule is Cn1ccnc1[C@@H]1CCCN(Cc2cc3c(cc2Cl)OCO3)C1. The molecule has 0 bridgehead atoms. The van der Waals surface area contributed by atoms with E-state index in [0.717, 1.165) is 41.7 Å². The Labute approximate surface area is 140 Å². The lowest BCUT2D eigenvalue weighted by molar-refractivity contribution is 0.173. The van der Waals surface area contributed by atoms with E-state index in [4.69, 9.17) is 21.1 Å². The summed E-state index contributed by atoms with van der Waals surface area (Å²) in [7, 11) is 2.07. The molecule has 5 nitrogen and oxygen atoms in total.